The fraction of sp³-hybridized carbons (Fsp3) is 0.929. The Labute approximate surface area is 117 Å². The van der Waals surface area contributed by atoms with Crippen LogP contribution < -0.4 is 5.32 Å². The van der Waals surface area contributed by atoms with Crippen LogP contribution in [0.25, 0.3) is 0 Å². The van der Waals surface area contributed by atoms with Crippen molar-refractivity contribution in [2.45, 2.75) is 63.7 Å². The van der Waals surface area contributed by atoms with Gasteiger partial charge < -0.3 is 10.2 Å². The summed E-state index contributed by atoms with van der Waals surface area (Å²) in [6.07, 6.45) is 0.513. The Morgan fingerprint density at radius 1 is 1.20 bits per heavy atom. The Kier molecular flexibility index (Phi) is 4.94. The SMILES string of the molecule is CCN(C(=O)C1CCC(C(F)(F)F)CN1)C1CCCC1. The van der Waals surface area contributed by atoms with Crippen molar-refractivity contribution >= 4 is 5.91 Å². The van der Waals surface area contributed by atoms with Crippen molar-refractivity contribution in [1.82, 2.24) is 10.2 Å². The molecule has 2 fully saturated rings. The molecule has 0 bridgehead atoms. The van der Waals surface area contributed by atoms with Gasteiger partial charge in [-0.1, -0.05) is 12.8 Å². The molecule has 1 N–H and O–H groups in total. The molecule has 1 heterocycles. The van der Waals surface area contributed by atoms with Crippen molar-refractivity contribution in [1.29, 1.82) is 0 Å². The van der Waals surface area contributed by atoms with Crippen LogP contribution in [0.3, 0.4) is 0 Å². The summed E-state index contributed by atoms with van der Waals surface area (Å²) in [6.45, 7) is 2.45. The van der Waals surface area contributed by atoms with E-state index in [2.05, 4.69) is 5.32 Å². The summed E-state index contributed by atoms with van der Waals surface area (Å²) in [6, 6.07) is -0.149. The molecule has 0 aromatic carbocycles. The predicted octanol–water partition coefficient (Wildman–Crippen LogP) is 2.71. The van der Waals surface area contributed by atoms with E-state index in [1.54, 1.807) is 0 Å². The van der Waals surface area contributed by atoms with E-state index in [1.807, 2.05) is 11.8 Å². The molecule has 1 aliphatic heterocycles. The van der Waals surface area contributed by atoms with E-state index in [4.69, 9.17) is 0 Å². The highest BCUT2D eigenvalue weighted by Gasteiger charge is 2.43. The van der Waals surface area contributed by atoms with E-state index in [1.165, 1.54) is 0 Å². The lowest BCUT2D eigenvalue weighted by Crippen LogP contribution is -2.54. The lowest BCUT2D eigenvalue weighted by molar-refractivity contribution is -0.181. The second-order valence-electron chi connectivity index (χ2n) is 5.84. The third kappa shape index (κ3) is 3.45. The molecular weight excluding hydrogens is 269 g/mol. The van der Waals surface area contributed by atoms with Crippen LogP contribution in [0.15, 0.2) is 0 Å². The number of nitrogens with zero attached hydrogens (tertiary/aromatic N) is 1. The minimum atomic E-state index is -4.16. The molecule has 2 rings (SSSR count). The third-order valence-electron chi connectivity index (χ3n) is 4.56. The molecule has 20 heavy (non-hydrogen) atoms. The van der Waals surface area contributed by atoms with Gasteiger partial charge in [0.1, 0.15) is 0 Å². The first-order valence-corrected chi connectivity index (χ1v) is 7.54. The molecule has 2 atom stereocenters. The molecule has 0 aromatic rings. The van der Waals surface area contributed by atoms with E-state index in [9.17, 15) is 18.0 Å². The molecule has 1 amide bonds. The Morgan fingerprint density at radius 3 is 2.30 bits per heavy atom. The number of piperidine rings is 1. The van der Waals surface area contributed by atoms with Crippen molar-refractivity contribution in [2.24, 2.45) is 5.92 Å². The zero-order valence-corrected chi connectivity index (χ0v) is 11.9. The van der Waals surface area contributed by atoms with Crippen molar-refractivity contribution in [3.8, 4) is 0 Å². The smallest absolute Gasteiger partial charge is 0.339 e. The van der Waals surface area contributed by atoms with Crippen LogP contribution in [0, 0.1) is 5.92 Å². The Bertz CT molecular complexity index is 332. The second-order valence-corrected chi connectivity index (χ2v) is 5.84. The molecule has 6 heteroatoms. The maximum absolute atomic E-state index is 12.6. The molecule has 2 aliphatic rings. The van der Waals surface area contributed by atoms with Gasteiger partial charge in [-0.3, -0.25) is 4.79 Å². The number of hydrogen-bond acceptors (Lipinski definition) is 2. The van der Waals surface area contributed by atoms with Gasteiger partial charge in [-0.05, 0) is 32.6 Å². The van der Waals surface area contributed by atoms with Gasteiger partial charge in [-0.15, -0.1) is 0 Å². The lowest BCUT2D eigenvalue weighted by atomic mass is 9.93. The zero-order valence-electron chi connectivity index (χ0n) is 11.9. The summed E-state index contributed by atoms with van der Waals surface area (Å²) < 4.78 is 37.8. The largest absolute Gasteiger partial charge is 0.393 e. The molecule has 1 saturated carbocycles. The normalized spacial score (nSPS) is 28.6. The van der Waals surface area contributed by atoms with Gasteiger partial charge >= 0.3 is 6.18 Å². The quantitative estimate of drug-likeness (QED) is 0.867. The number of alkyl halides is 3. The first-order valence-electron chi connectivity index (χ1n) is 7.54. The Balaban J connectivity index is 1.90. The van der Waals surface area contributed by atoms with Crippen LogP contribution in [-0.4, -0.2) is 42.2 Å². The number of amides is 1. The predicted molar refractivity (Wildman–Crippen MR) is 70.2 cm³/mol. The number of hydrogen-bond donors (Lipinski definition) is 1. The van der Waals surface area contributed by atoms with Crippen molar-refractivity contribution in [2.75, 3.05) is 13.1 Å². The molecular formula is C14H23F3N2O. The minimum absolute atomic E-state index is 0.0139. The third-order valence-corrected chi connectivity index (χ3v) is 4.56. The number of halogens is 3. The first kappa shape index (κ1) is 15.6. The maximum atomic E-state index is 12.6. The van der Waals surface area contributed by atoms with E-state index in [-0.39, 0.29) is 31.3 Å². The summed E-state index contributed by atoms with van der Waals surface area (Å²) in [7, 11) is 0. The lowest BCUT2D eigenvalue weighted by Gasteiger charge is -2.35. The Morgan fingerprint density at radius 2 is 1.85 bits per heavy atom. The van der Waals surface area contributed by atoms with Gasteiger partial charge in [0.25, 0.3) is 0 Å². The number of rotatable bonds is 3. The van der Waals surface area contributed by atoms with Crippen LogP contribution in [0.4, 0.5) is 13.2 Å². The number of carbonyl (C=O) groups excluding carboxylic acids is 1. The highest BCUT2D eigenvalue weighted by Crippen LogP contribution is 2.32. The number of nitrogens with one attached hydrogen (secondary N) is 1. The summed E-state index contributed by atoms with van der Waals surface area (Å²) >= 11 is 0. The van der Waals surface area contributed by atoms with Crippen molar-refractivity contribution in [3.05, 3.63) is 0 Å². The zero-order chi connectivity index (χ0) is 14.8. The average molecular weight is 292 g/mol. The number of likely N-dealkylation sites (N-methyl/N-ethyl adjacent to an activating group) is 1. The molecule has 0 spiro atoms. The summed E-state index contributed by atoms with van der Waals surface area (Å²) in [5, 5.41) is 2.80. The van der Waals surface area contributed by atoms with Crippen LogP contribution in [0.5, 0.6) is 0 Å². The van der Waals surface area contributed by atoms with Crippen LogP contribution in [0.2, 0.25) is 0 Å². The minimum Gasteiger partial charge on any atom is -0.339 e. The maximum Gasteiger partial charge on any atom is 0.393 e. The molecule has 116 valence electrons. The van der Waals surface area contributed by atoms with Crippen LogP contribution in [0.1, 0.15) is 45.4 Å². The summed E-state index contributed by atoms with van der Waals surface area (Å²) in [5.41, 5.74) is 0. The number of carbonyl (C=O) groups is 1. The van der Waals surface area contributed by atoms with Crippen LogP contribution in [-0.2, 0) is 4.79 Å². The molecule has 2 unspecified atom stereocenters. The molecule has 0 radical (unpaired) electrons. The van der Waals surface area contributed by atoms with Crippen molar-refractivity contribution < 1.29 is 18.0 Å². The highest BCUT2D eigenvalue weighted by atomic mass is 19.4. The van der Waals surface area contributed by atoms with Crippen LogP contribution >= 0.6 is 0 Å². The van der Waals surface area contributed by atoms with Crippen molar-refractivity contribution in [3.63, 3.8) is 0 Å². The van der Waals surface area contributed by atoms with E-state index in [0.29, 0.717) is 6.54 Å². The molecule has 1 aliphatic carbocycles. The fourth-order valence-electron chi connectivity index (χ4n) is 3.36. The van der Waals surface area contributed by atoms with E-state index in [0.717, 1.165) is 25.7 Å². The molecule has 0 aromatic heterocycles. The average Bonchev–Trinajstić information content (AvgIpc) is 2.92. The van der Waals surface area contributed by atoms with Gasteiger partial charge in [-0.25, -0.2) is 0 Å². The van der Waals surface area contributed by atoms with E-state index >= 15 is 0 Å². The topological polar surface area (TPSA) is 32.3 Å². The summed E-state index contributed by atoms with van der Waals surface area (Å²) in [5.74, 6) is -1.33. The fourth-order valence-corrected chi connectivity index (χ4v) is 3.36. The first-order chi connectivity index (χ1) is 9.43. The van der Waals surface area contributed by atoms with Gasteiger partial charge in [0, 0.05) is 19.1 Å². The van der Waals surface area contributed by atoms with Gasteiger partial charge in [-0.2, -0.15) is 13.2 Å². The monoisotopic (exact) mass is 292 g/mol. The Hall–Kier alpha value is -0.780. The van der Waals surface area contributed by atoms with Gasteiger partial charge in [0.2, 0.25) is 5.91 Å². The second kappa shape index (κ2) is 6.33. The van der Waals surface area contributed by atoms with E-state index < -0.39 is 18.1 Å². The molecule has 1 saturated heterocycles. The molecule has 3 nitrogen and oxygen atoms in total. The summed E-state index contributed by atoms with van der Waals surface area (Å²) in [4.78, 5) is 14.3. The standard InChI is InChI=1S/C14H23F3N2O/c1-2-19(11-5-3-4-6-11)13(20)12-8-7-10(9-18-12)14(15,16)17/h10-12,18H,2-9H2,1H3. The van der Waals surface area contributed by atoms with Gasteiger partial charge in [0.05, 0.1) is 12.0 Å². The highest BCUT2D eigenvalue weighted by molar-refractivity contribution is 5.82. The van der Waals surface area contributed by atoms with Gasteiger partial charge in [0.15, 0.2) is 0 Å².